The monoisotopic (exact) mass is 664 g/mol. The fourth-order valence-electron chi connectivity index (χ4n) is 6.44. The smallest absolute Gasteiger partial charge is 0.394 e. The Morgan fingerprint density at radius 3 is 1.13 bits per heavy atom. The minimum atomic E-state index is -4.43. The van der Waals surface area contributed by atoms with Crippen LogP contribution in [0.15, 0.2) is 0 Å². The maximum atomic E-state index is 12.8. The van der Waals surface area contributed by atoms with Crippen LogP contribution in [0.25, 0.3) is 0 Å². The van der Waals surface area contributed by atoms with Gasteiger partial charge in [0.15, 0.2) is 0 Å². The Morgan fingerprint density at radius 2 is 0.867 bits per heavy atom. The Bertz CT molecular complexity index is 620. The van der Waals surface area contributed by atoms with E-state index in [2.05, 4.69) is 13.8 Å². The Morgan fingerprint density at radius 1 is 0.578 bits per heavy atom. The Kier molecular flexibility index (Phi) is 32.5. The first kappa shape index (κ1) is 45.0. The van der Waals surface area contributed by atoms with Crippen molar-refractivity contribution in [3.8, 4) is 0 Å². The van der Waals surface area contributed by atoms with Crippen LogP contribution in [0, 0.1) is 0 Å². The largest absolute Gasteiger partial charge is 0.472 e. The van der Waals surface area contributed by atoms with Crippen LogP contribution in [0.5, 0.6) is 0 Å². The number of rotatable bonds is 37. The van der Waals surface area contributed by atoms with Crippen LogP contribution in [0.4, 0.5) is 0 Å². The lowest BCUT2D eigenvalue weighted by molar-refractivity contribution is -0.103. The number of nitrogens with two attached hydrogens (primary N) is 1. The molecule has 45 heavy (non-hydrogen) atoms. The van der Waals surface area contributed by atoms with Crippen LogP contribution in [0.2, 0.25) is 0 Å². The van der Waals surface area contributed by atoms with Gasteiger partial charge in [0.1, 0.15) is 11.7 Å². The van der Waals surface area contributed by atoms with Crippen LogP contribution >= 0.6 is 7.82 Å². The molecule has 0 rings (SSSR count). The maximum Gasteiger partial charge on any atom is 0.472 e. The average molecular weight is 664 g/mol. The van der Waals surface area contributed by atoms with E-state index in [9.17, 15) is 19.7 Å². The average Bonchev–Trinajstić information content (AvgIpc) is 3.03. The highest BCUT2D eigenvalue weighted by Crippen LogP contribution is 2.51. The number of aliphatic hydroxyl groups is 2. The molecule has 0 heterocycles. The molecule has 0 bridgehead atoms. The van der Waals surface area contributed by atoms with Gasteiger partial charge in [-0.3, -0.25) is 9.05 Å². The van der Waals surface area contributed by atoms with Gasteiger partial charge in [-0.2, -0.15) is 0 Å². The van der Waals surface area contributed by atoms with E-state index in [1.54, 1.807) is 0 Å². The molecule has 0 aliphatic heterocycles. The molecule has 0 saturated heterocycles. The molecule has 7 nitrogen and oxygen atoms in total. The molecule has 5 N–H and O–H groups in total. The topological polar surface area (TPSA) is 122 Å². The third kappa shape index (κ3) is 27.6. The molecule has 0 saturated carbocycles. The van der Waals surface area contributed by atoms with Crippen molar-refractivity contribution in [1.29, 1.82) is 0 Å². The molecule has 8 heteroatoms. The zero-order valence-corrected chi connectivity index (χ0v) is 30.9. The quantitative estimate of drug-likeness (QED) is 0.0385. The summed E-state index contributed by atoms with van der Waals surface area (Å²) >= 11 is 0. The van der Waals surface area contributed by atoms with Gasteiger partial charge in [0.25, 0.3) is 0 Å². The van der Waals surface area contributed by atoms with Crippen LogP contribution in [-0.2, 0) is 13.6 Å². The Labute approximate surface area is 279 Å². The first-order valence-corrected chi connectivity index (χ1v) is 21.0. The van der Waals surface area contributed by atoms with Crippen molar-refractivity contribution < 1.29 is 28.7 Å². The van der Waals surface area contributed by atoms with E-state index in [0.717, 1.165) is 38.5 Å². The van der Waals surface area contributed by atoms with Crippen LogP contribution in [0.3, 0.4) is 0 Å². The molecule has 0 aromatic carbocycles. The van der Waals surface area contributed by atoms with E-state index in [4.69, 9.17) is 14.8 Å². The zero-order valence-electron chi connectivity index (χ0n) is 30.0. The molecule has 0 aromatic rings. The second-order valence-electron chi connectivity index (χ2n) is 13.6. The van der Waals surface area contributed by atoms with Gasteiger partial charge in [-0.25, -0.2) is 4.57 Å². The van der Waals surface area contributed by atoms with E-state index in [0.29, 0.717) is 12.8 Å². The van der Waals surface area contributed by atoms with Gasteiger partial charge in [0.05, 0.1) is 13.2 Å². The fourth-order valence-corrected chi connectivity index (χ4v) is 7.59. The second kappa shape index (κ2) is 32.5. The number of hydrogen-bond donors (Lipinski definition) is 4. The van der Waals surface area contributed by atoms with E-state index in [1.807, 2.05) is 0 Å². The molecule has 0 radical (unpaired) electrons. The van der Waals surface area contributed by atoms with Crippen molar-refractivity contribution in [3.63, 3.8) is 0 Å². The molecule has 2 atom stereocenters. The number of phosphoric acid groups is 1. The van der Waals surface area contributed by atoms with Crippen LogP contribution in [-0.4, -0.2) is 46.6 Å². The van der Waals surface area contributed by atoms with Crippen molar-refractivity contribution in [2.24, 2.45) is 5.73 Å². The summed E-state index contributed by atoms with van der Waals surface area (Å²) in [5.74, 6) is 0. The normalized spacial score (nSPS) is 14.2. The summed E-state index contributed by atoms with van der Waals surface area (Å²) in [5.41, 5.74) is 4.17. The summed E-state index contributed by atoms with van der Waals surface area (Å²) in [7, 11) is -4.43. The van der Waals surface area contributed by atoms with E-state index < -0.39 is 26.1 Å². The predicted molar refractivity (Wildman–Crippen MR) is 192 cm³/mol. The standard InChI is InChI=1S/C37H78NO6P/c1-3-5-7-9-11-13-15-17-19-21-23-25-27-29-31-37(36(40)35-39,44-45(41,42)43-34-33-38)32-30-28-26-24-22-20-18-16-14-12-10-8-6-4-2/h36,39-40H,3-35,38H2,1-2H3,(H,41,42)/t36-/m0/s1. The van der Waals surface area contributed by atoms with Gasteiger partial charge >= 0.3 is 7.82 Å². The molecule has 0 amide bonds. The number of unbranched alkanes of at least 4 members (excludes halogenated alkanes) is 26. The first-order chi connectivity index (χ1) is 21.9. The highest BCUT2D eigenvalue weighted by Gasteiger charge is 2.44. The number of aliphatic hydroxyl groups excluding tert-OH is 2. The minimum absolute atomic E-state index is 0.0986. The zero-order chi connectivity index (χ0) is 33.3. The molecule has 272 valence electrons. The number of phosphoric ester groups is 1. The minimum Gasteiger partial charge on any atom is -0.394 e. The molecular formula is C37H78NO6P. The van der Waals surface area contributed by atoms with Gasteiger partial charge in [0, 0.05) is 6.54 Å². The highest BCUT2D eigenvalue weighted by atomic mass is 31.2. The molecule has 0 aliphatic rings. The predicted octanol–water partition coefficient (Wildman–Crippen LogP) is 10.9. The van der Waals surface area contributed by atoms with Crippen molar-refractivity contribution in [2.75, 3.05) is 19.8 Å². The summed E-state index contributed by atoms with van der Waals surface area (Å²) in [4.78, 5) is 10.4. The first-order valence-electron chi connectivity index (χ1n) is 19.5. The number of hydrogen-bond acceptors (Lipinski definition) is 6. The summed E-state index contributed by atoms with van der Waals surface area (Å²) in [6, 6.07) is 0. The highest BCUT2D eigenvalue weighted by molar-refractivity contribution is 7.47. The van der Waals surface area contributed by atoms with E-state index in [1.165, 1.54) is 141 Å². The lowest BCUT2D eigenvalue weighted by atomic mass is 9.85. The SMILES string of the molecule is CCCCCCCCCCCCCCCCC(CCCCCCCCCCCCCCCC)(OP(=O)(O)OCCN)[C@@H](O)CO. The lowest BCUT2D eigenvalue weighted by Gasteiger charge is -2.38. The van der Waals surface area contributed by atoms with Crippen molar-refractivity contribution in [1.82, 2.24) is 0 Å². The van der Waals surface area contributed by atoms with Gasteiger partial charge in [-0.05, 0) is 12.8 Å². The summed E-state index contributed by atoms with van der Waals surface area (Å²) in [6.45, 7) is 4.00. The molecule has 0 aliphatic carbocycles. The van der Waals surface area contributed by atoms with E-state index in [-0.39, 0.29) is 13.2 Å². The van der Waals surface area contributed by atoms with Crippen molar-refractivity contribution in [2.45, 2.75) is 218 Å². The van der Waals surface area contributed by atoms with Gasteiger partial charge in [-0.15, -0.1) is 0 Å². The third-order valence-electron chi connectivity index (χ3n) is 9.36. The summed E-state index contributed by atoms with van der Waals surface area (Å²) in [5, 5.41) is 20.8. The second-order valence-corrected chi connectivity index (χ2v) is 15.0. The van der Waals surface area contributed by atoms with Crippen LogP contribution < -0.4 is 5.73 Å². The maximum absolute atomic E-state index is 12.8. The molecule has 0 spiro atoms. The molecule has 0 aromatic heterocycles. The fraction of sp³-hybridized carbons (Fsp3) is 1.00. The van der Waals surface area contributed by atoms with Crippen molar-refractivity contribution >= 4 is 7.82 Å². The summed E-state index contributed by atoms with van der Waals surface area (Å²) in [6.07, 6.45) is 34.4. The van der Waals surface area contributed by atoms with Gasteiger partial charge < -0.3 is 20.8 Å². The lowest BCUT2D eigenvalue weighted by Crippen LogP contribution is -2.46. The Hall–Kier alpha value is -0.0100. The molecular weight excluding hydrogens is 585 g/mol. The molecule has 0 fully saturated rings. The van der Waals surface area contributed by atoms with Gasteiger partial charge in [0.2, 0.25) is 0 Å². The Balaban J connectivity index is 4.48. The van der Waals surface area contributed by atoms with Crippen LogP contribution in [0.1, 0.15) is 206 Å². The van der Waals surface area contributed by atoms with E-state index >= 15 is 0 Å². The third-order valence-corrected chi connectivity index (χ3v) is 10.5. The molecule has 1 unspecified atom stereocenters. The van der Waals surface area contributed by atoms with Gasteiger partial charge in [-0.1, -0.05) is 194 Å². The summed E-state index contributed by atoms with van der Waals surface area (Å²) < 4.78 is 23.5. The van der Waals surface area contributed by atoms with Crippen molar-refractivity contribution in [3.05, 3.63) is 0 Å².